The van der Waals surface area contributed by atoms with Crippen LogP contribution >= 0.6 is 12.6 Å². The molecule has 0 radical (unpaired) electrons. The Kier molecular flexibility index (Phi) is 4.69. The Hall–Kier alpha value is -0.840. The van der Waals surface area contributed by atoms with E-state index in [1.807, 2.05) is 28.2 Å². The van der Waals surface area contributed by atoms with Gasteiger partial charge in [-0.2, -0.15) is 0 Å². The van der Waals surface area contributed by atoms with Crippen molar-refractivity contribution in [3.8, 4) is 0 Å². The summed E-state index contributed by atoms with van der Waals surface area (Å²) < 4.78 is 4.57. The summed E-state index contributed by atoms with van der Waals surface area (Å²) in [6.07, 6.45) is 0. The Bertz CT molecular complexity index is 214. The van der Waals surface area contributed by atoms with Crippen molar-refractivity contribution >= 4 is 18.6 Å². The summed E-state index contributed by atoms with van der Waals surface area (Å²) in [6, 6.07) is 0. The monoisotopic (exact) mass is 204 g/mol. The van der Waals surface area contributed by atoms with Gasteiger partial charge in [0, 0.05) is 28.2 Å². The molecule has 0 aliphatic heterocycles. The van der Waals surface area contributed by atoms with E-state index in [0.717, 1.165) is 5.82 Å². The molecule has 0 aliphatic carbocycles. The smallest absolute Gasteiger partial charge is 0.347 e. The van der Waals surface area contributed by atoms with Gasteiger partial charge in [-0.3, -0.25) is 0 Å². The van der Waals surface area contributed by atoms with Crippen LogP contribution < -0.4 is 0 Å². The lowest BCUT2D eigenvalue weighted by molar-refractivity contribution is -0.135. The number of nitrogens with zero attached hydrogens (tertiary/aromatic N) is 2. The summed E-state index contributed by atoms with van der Waals surface area (Å²) >= 11 is 4.10. The summed E-state index contributed by atoms with van der Waals surface area (Å²) in [7, 11) is 8.70. The Morgan fingerprint density at radius 2 is 1.54 bits per heavy atom. The van der Waals surface area contributed by atoms with Crippen LogP contribution in [0.15, 0.2) is 10.7 Å². The molecule has 0 aromatic heterocycles. The molecular weight excluding hydrogens is 188 g/mol. The van der Waals surface area contributed by atoms with E-state index in [0.29, 0.717) is 4.91 Å². The summed E-state index contributed by atoms with van der Waals surface area (Å²) in [6.45, 7) is 0. The molecule has 0 aromatic carbocycles. The third-order valence-corrected chi connectivity index (χ3v) is 1.82. The molecule has 0 spiro atoms. The van der Waals surface area contributed by atoms with Crippen LogP contribution in [0.2, 0.25) is 0 Å². The molecule has 13 heavy (non-hydrogen) atoms. The third kappa shape index (κ3) is 3.18. The maximum Gasteiger partial charge on any atom is 0.347 e. The van der Waals surface area contributed by atoms with Crippen LogP contribution in [0, 0.1) is 0 Å². The zero-order valence-electron chi connectivity index (χ0n) is 8.66. The lowest BCUT2D eigenvalue weighted by Gasteiger charge is -2.25. The second-order valence-electron chi connectivity index (χ2n) is 2.95. The largest absolute Gasteiger partial charge is 0.465 e. The average molecular weight is 204 g/mol. The number of thiol groups is 1. The van der Waals surface area contributed by atoms with E-state index >= 15 is 0 Å². The lowest BCUT2D eigenvalue weighted by Crippen LogP contribution is -2.27. The average Bonchev–Trinajstić information content (AvgIpc) is 2.01. The summed E-state index contributed by atoms with van der Waals surface area (Å²) in [5.74, 6) is 0.288. The van der Waals surface area contributed by atoms with Gasteiger partial charge in [0.2, 0.25) is 0 Å². The molecule has 5 heteroatoms. The normalized spacial score (nSPS) is 9.08. The second-order valence-corrected chi connectivity index (χ2v) is 3.40. The predicted octanol–water partition coefficient (Wildman–Crippen LogP) is 0.381. The zero-order valence-corrected chi connectivity index (χ0v) is 9.55. The zero-order chi connectivity index (χ0) is 10.6. The van der Waals surface area contributed by atoms with Gasteiger partial charge in [-0.25, -0.2) is 4.79 Å². The van der Waals surface area contributed by atoms with Crippen molar-refractivity contribution < 1.29 is 9.53 Å². The highest BCUT2D eigenvalue weighted by molar-refractivity contribution is 7.85. The molecule has 4 nitrogen and oxygen atoms in total. The number of hydrogen-bond donors (Lipinski definition) is 1. The van der Waals surface area contributed by atoms with Gasteiger partial charge in [0.15, 0.2) is 0 Å². The van der Waals surface area contributed by atoms with Gasteiger partial charge < -0.3 is 14.5 Å². The summed E-state index contributed by atoms with van der Waals surface area (Å²) in [5, 5.41) is 0. The molecule has 0 bridgehead atoms. The SMILES string of the molecule is COC(=O)C(S)=C(N(C)C)N(C)C. The number of hydrogen-bond acceptors (Lipinski definition) is 5. The highest BCUT2D eigenvalue weighted by Gasteiger charge is 2.15. The summed E-state index contributed by atoms with van der Waals surface area (Å²) in [4.78, 5) is 15.1. The number of carbonyl (C=O) groups excluding carboxylic acids is 1. The van der Waals surface area contributed by atoms with E-state index in [2.05, 4.69) is 17.4 Å². The van der Waals surface area contributed by atoms with Crippen molar-refractivity contribution in [3.05, 3.63) is 10.7 Å². The first-order valence-corrected chi connectivity index (χ1v) is 4.22. The van der Waals surface area contributed by atoms with Crippen LogP contribution in [-0.4, -0.2) is 51.1 Å². The molecule has 0 aromatic rings. The number of methoxy groups -OCH3 is 1. The Morgan fingerprint density at radius 1 is 1.15 bits per heavy atom. The second kappa shape index (κ2) is 5.01. The molecule has 0 rings (SSSR count). The standard InChI is InChI=1S/C8H16N2O2S/c1-9(2)7(10(3)4)6(13)8(11)12-5/h13H,1-5H3. The minimum Gasteiger partial charge on any atom is -0.465 e. The first-order chi connectivity index (χ1) is 5.91. The van der Waals surface area contributed by atoms with Crippen molar-refractivity contribution in [2.75, 3.05) is 35.3 Å². The van der Waals surface area contributed by atoms with Crippen LogP contribution in [0.3, 0.4) is 0 Å². The molecule has 0 N–H and O–H groups in total. The van der Waals surface area contributed by atoms with E-state index in [1.165, 1.54) is 7.11 Å². The van der Waals surface area contributed by atoms with Gasteiger partial charge in [0.1, 0.15) is 10.7 Å². The number of ether oxygens (including phenoxy) is 1. The molecule has 0 atom stereocenters. The van der Waals surface area contributed by atoms with Crippen LogP contribution in [0.25, 0.3) is 0 Å². The van der Waals surface area contributed by atoms with Gasteiger partial charge in [0.05, 0.1) is 7.11 Å². The van der Waals surface area contributed by atoms with E-state index < -0.39 is 5.97 Å². The van der Waals surface area contributed by atoms with Crippen molar-refractivity contribution in [2.45, 2.75) is 0 Å². The molecule has 0 amide bonds. The van der Waals surface area contributed by atoms with Crippen LogP contribution in [0.4, 0.5) is 0 Å². The number of rotatable bonds is 3. The van der Waals surface area contributed by atoms with Crippen molar-refractivity contribution in [1.82, 2.24) is 9.80 Å². The van der Waals surface area contributed by atoms with E-state index in [4.69, 9.17) is 0 Å². The minimum absolute atomic E-state index is 0.303. The fraction of sp³-hybridized carbons (Fsp3) is 0.625. The van der Waals surface area contributed by atoms with Gasteiger partial charge in [-0.05, 0) is 0 Å². The number of carbonyl (C=O) groups is 1. The van der Waals surface area contributed by atoms with Crippen molar-refractivity contribution in [1.29, 1.82) is 0 Å². The van der Waals surface area contributed by atoms with Crippen molar-refractivity contribution in [3.63, 3.8) is 0 Å². The number of esters is 1. The van der Waals surface area contributed by atoms with Gasteiger partial charge in [0.25, 0.3) is 0 Å². The Labute approximate surface area is 84.6 Å². The molecular formula is C8H16N2O2S. The molecule has 0 unspecified atom stereocenters. The fourth-order valence-corrected chi connectivity index (χ4v) is 1.50. The van der Waals surface area contributed by atoms with E-state index in [-0.39, 0.29) is 0 Å². The topological polar surface area (TPSA) is 32.8 Å². The van der Waals surface area contributed by atoms with Gasteiger partial charge >= 0.3 is 5.97 Å². The third-order valence-electron chi connectivity index (χ3n) is 1.44. The van der Waals surface area contributed by atoms with E-state index in [9.17, 15) is 4.79 Å². The molecule has 0 aliphatic rings. The first kappa shape index (κ1) is 12.2. The molecule has 0 fully saturated rings. The maximum absolute atomic E-state index is 11.2. The quantitative estimate of drug-likeness (QED) is 0.409. The minimum atomic E-state index is -0.430. The van der Waals surface area contributed by atoms with Crippen LogP contribution in [0.1, 0.15) is 0 Å². The summed E-state index contributed by atoms with van der Waals surface area (Å²) in [5.41, 5.74) is 0. The van der Waals surface area contributed by atoms with E-state index in [1.54, 1.807) is 9.80 Å². The van der Waals surface area contributed by atoms with Crippen LogP contribution in [0.5, 0.6) is 0 Å². The fourth-order valence-electron chi connectivity index (χ4n) is 1.01. The molecule has 76 valence electrons. The molecule has 0 saturated carbocycles. The molecule has 0 saturated heterocycles. The Balaban J connectivity index is 4.97. The van der Waals surface area contributed by atoms with Crippen molar-refractivity contribution in [2.24, 2.45) is 0 Å². The van der Waals surface area contributed by atoms with Gasteiger partial charge in [-0.15, -0.1) is 12.6 Å². The predicted molar refractivity (Wildman–Crippen MR) is 55.4 cm³/mol. The lowest BCUT2D eigenvalue weighted by atomic mass is 10.4. The van der Waals surface area contributed by atoms with Gasteiger partial charge in [-0.1, -0.05) is 0 Å². The molecule has 0 heterocycles. The Morgan fingerprint density at radius 3 is 1.77 bits per heavy atom. The highest BCUT2D eigenvalue weighted by Crippen LogP contribution is 2.14. The first-order valence-electron chi connectivity index (χ1n) is 3.78. The highest BCUT2D eigenvalue weighted by atomic mass is 32.1. The van der Waals surface area contributed by atoms with Crippen LogP contribution in [-0.2, 0) is 9.53 Å². The maximum atomic E-state index is 11.2.